The second-order valence-corrected chi connectivity index (χ2v) is 8.86. The van der Waals surface area contributed by atoms with E-state index in [-0.39, 0.29) is 11.8 Å². The Labute approximate surface area is 185 Å². The van der Waals surface area contributed by atoms with Crippen LogP contribution >= 0.6 is 11.3 Å². The van der Waals surface area contributed by atoms with Gasteiger partial charge in [-0.05, 0) is 52.3 Å². The lowest BCUT2D eigenvalue weighted by atomic mass is 9.73. The van der Waals surface area contributed by atoms with Crippen molar-refractivity contribution in [1.82, 2.24) is 30.4 Å². The number of likely N-dealkylation sites (tertiary alicyclic amines) is 1. The number of rotatable bonds is 7. The van der Waals surface area contributed by atoms with E-state index in [1.807, 2.05) is 23.1 Å². The molecular formula is C22H26N6O2S. The van der Waals surface area contributed by atoms with Crippen LogP contribution in [0.3, 0.4) is 0 Å². The monoisotopic (exact) mass is 438 g/mol. The Morgan fingerprint density at radius 3 is 2.84 bits per heavy atom. The number of tetrazole rings is 1. The highest BCUT2D eigenvalue weighted by atomic mass is 32.1. The maximum absolute atomic E-state index is 13.1. The van der Waals surface area contributed by atoms with Gasteiger partial charge in [0.05, 0.1) is 12.0 Å². The van der Waals surface area contributed by atoms with Gasteiger partial charge in [-0.1, -0.05) is 30.3 Å². The van der Waals surface area contributed by atoms with Gasteiger partial charge < -0.3 is 10.2 Å². The number of benzene rings is 1. The Hall–Kier alpha value is -3.07. The van der Waals surface area contributed by atoms with Crippen LogP contribution in [0.5, 0.6) is 0 Å². The van der Waals surface area contributed by atoms with E-state index in [1.54, 1.807) is 23.1 Å². The summed E-state index contributed by atoms with van der Waals surface area (Å²) in [6, 6.07) is 12.4. The highest BCUT2D eigenvalue weighted by Gasteiger charge is 2.43. The minimum atomic E-state index is -0.648. The van der Waals surface area contributed by atoms with E-state index in [0.29, 0.717) is 32.5 Å². The Kier molecular flexibility index (Phi) is 6.41. The summed E-state index contributed by atoms with van der Waals surface area (Å²) in [6.45, 7) is 1.51. The lowest BCUT2D eigenvalue weighted by molar-refractivity contribution is -0.141. The van der Waals surface area contributed by atoms with Crippen molar-refractivity contribution in [2.45, 2.75) is 32.2 Å². The molecule has 0 saturated carbocycles. The van der Waals surface area contributed by atoms with Crippen LogP contribution in [0.2, 0.25) is 0 Å². The molecule has 0 spiro atoms. The molecule has 0 aliphatic carbocycles. The highest BCUT2D eigenvalue weighted by Crippen LogP contribution is 2.38. The van der Waals surface area contributed by atoms with Crippen molar-refractivity contribution in [2.24, 2.45) is 5.41 Å². The van der Waals surface area contributed by atoms with Crippen LogP contribution in [0.25, 0.3) is 10.4 Å². The molecule has 1 saturated heterocycles. The fourth-order valence-electron chi connectivity index (χ4n) is 4.38. The molecule has 0 bridgehead atoms. The third kappa shape index (κ3) is 4.66. The number of nitrogens with one attached hydrogen (secondary N) is 1. The van der Waals surface area contributed by atoms with Gasteiger partial charge in [0.2, 0.25) is 11.8 Å². The van der Waals surface area contributed by atoms with Crippen molar-refractivity contribution in [3.63, 3.8) is 0 Å². The predicted molar refractivity (Wildman–Crippen MR) is 118 cm³/mol. The summed E-state index contributed by atoms with van der Waals surface area (Å²) in [4.78, 5) is 29.1. The number of thiophene rings is 1. The SMILES string of the molecule is CNC(=O)[C@]1(Cc2ccccc2-c2cccs2)CCCN(C(=O)CCn2cnnn2)C1. The van der Waals surface area contributed by atoms with Crippen molar-refractivity contribution >= 4 is 23.2 Å². The standard InChI is InChI=1S/C22H26N6O2S/c1-23-21(30)22(14-17-6-2-3-7-18(17)19-8-4-13-31-19)10-5-11-27(15-22)20(29)9-12-28-16-24-25-26-28/h2-4,6-8,13,16H,5,9-12,14-15H2,1H3,(H,23,30)/t22-/m0/s1. The number of carbonyl (C=O) groups is 2. The Morgan fingerprint density at radius 2 is 2.10 bits per heavy atom. The second kappa shape index (κ2) is 9.38. The molecule has 1 N–H and O–H groups in total. The van der Waals surface area contributed by atoms with Gasteiger partial charge in [0.25, 0.3) is 0 Å². The summed E-state index contributed by atoms with van der Waals surface area (Å²) in [7, 11) is 1.67. The highest BCUT2D eigenvalue weighted by molar-refractivity contribution is 7.13. The van der Waals surface area contributed by atoms with Crippen molar-refractivity contribution in [3.05, 3.63) is 53.7 Å². The third-order valence-electron chi connectivity index (χ3n) is 5.92. The van der Waals surface area contributed by atoms with Crippen molar-refractivity contribution in [2.75, 3.05) is 20.1 Å². The van der Waals surface area contributed by atoms with Gasteiger partial charge in [0.15, 0.2) is 0 Å². The average Bonchev–Trinajstić information content (AvgIpc) is 3.52. The van der Waals surface area contributed by atoms with Crippen molar-refractivity contribution in [1.29, 1.82) is 0 Å². The smallest absolute Gasteiger partial charge is 0.228 e. The first-order valence-electron chi connectivity index (χ1n) is 10.4. The molecule has 8 nitrogen and oxygen atoms in total. The summed E-state index contributed by atoms with van der Waals surface area (Å²) in [5.74, 6) is 0.0153. The fourth-order valence-corrected chi connectivity index (χ4v) is 5.17. The number of carbonyl (C=O) groups excluding carboxylic acids is 2. The summed E-state index contributed by atoms with van der Waals surface area (Å²) in [6.07, 6.45) is 3.95. The van der Waals surface area contributed by atoms with Gasteiger partial charge in [0.1, 0.15) is 6.33 Å². The van der Waals surface area contributed by atoms with Crippen LogP contribution in [0, 0.1) is 5.41 Å². The summed E-state index contributed by atoms with van der Waals surface area (Å²) in [5, 5.41) is 15.9. The zero-order valence-corrected chi connectivity index (χ0v) is 18.3. The van der Waals surface area contributed by atoms with E-state index >= 15 is 0 Å². The number of aromatic nitrogens is 4. The van der Waals surface area contributed by atoms with Crippen molar-refractivity contribution in [3.8, 4) is 10.4 Å². The first kappa shape index (κ1) is 21.2. The lowest BCUT2D eigenvalue weighted by Crippen LogP contribution is -2.54. The van der Waals surface area contributed by atoms with Crippen LogP contribution in [-0.2, 0) is 22.6 Å². The van der Waals surface area contributed by atoms with E-state index in [9.17, 15) is 9.59 Å². The molecule has 31 heavy (non-hydrogen) atoms. The lowest BCUT2D eigenvalue weighted by Gasteiger charge is -2.42. The van der Waals surface area contributed by atoms with Crippen LogP contribution < -0.4 is 5.32 Å². The van der Waals surface area contributed by atoms with Gasteiger partial charge in [0, 0.05) is 31.4 Å². The summed E-state index contributed by atoms with van der Waals surface area (Å²) >= 11 is 1.69. The Morgan fingerprint density at radius 1 is 1.23 bits per heavy atom. The molecule has 1 aliphatic rings. The average molecular weight is 439 g/mol. The van der Waals surface area contributed by atoms with Crippen molar-refractivity contribution < 1.29 is 9.59 Å². The fraction of sp³-hybridized carbons (Fsp3) is 0.409. The molecule has 3 heterocycles. The van der Waals surface area contributed by atoms with Crippen LogP contribution in [0.15, 0.2) is 48.1 Å². The van der Waals surface area contributed by atoms with Crippen LogP contribution in [0.4, 0.5) is 0 Å². The quantitative estimate of drug-likeness (QED) is 0.611. The molecule has 162 valence electrons. The minimum Gasteiger partial charge on any atom is -0.359 e. The number of amides is 2. The first-order chi connectivity index (χ1) is 15.1. The molecule has 0 unspecified atom stereocenters. The molecule has 2 amide bonds. The number of nitrogens with zero attached hydrogens (tertiary/aromatic N) is 5. The number of piperidine rings is 1. The first-order valence-corrected chi connectivity index (χ1v) is 11.3. The van der Waals surface area contributed by atoms with Crippen LogP contribution in [0.1, 0.15) is 24.8 Å². The van der Waals surface area contributed by atoms with Gasteiger partial charge >= 0.3 is 0 Å². The zero-order valence-electron chi connectivity index (χ0n) is 17.5. The van der Waals surface area contributed by atoms with Crippen LogP contribution in [-0.4, -0.2) is 57.1 Å². The molecule has 2 aromatic heterocycles. The second-order valence-electron chi connectivity index (χ2n) is 7.91. The van der Waals surface area contributed by atoms with Gasteiger partial charge in [-0.15, -0.1) is 16.4 Å². The maximum Gasteiger partial charge on any atom is 0.228 e. The van der Waals surface area contributed by atoms with E-state index in [1.165, 1.54) is 11.2 Å². The molecule has 4 rings (SSSR count). The molecule has 1 aromatic carbocycles. The van der Waals surface area contributed by atoms with E-state index in [4.69, 9.17) is 0 Å². The Balaban J connectivity index is 1.55. The minimum absolute atomic E-state index is 0.00791. The molecule has 1 aliphatic heterocycles. The normalized spacial score (nSPS) is 18.7. The van der Waals surface area contributed by atoms with Gasteiger partial charge in [-0.3, -0.25) is 9.59 Å². The molecule has 0 radical (unpaired) electrons. The number of aryl methyl sites for hydroxylation is 1. The van der Waals surface area contributed by atoms with Gasteiger partial charge in [-0.2, -0.15) is 0 Å². The largest absolute Gasteiger partial charge is 0.359 e. The summed E-state index contributed by atoms with van der Waals surface area (Å²) < 4.78 is 1.55. The van der Waals surface area contributed by atoms with E-state index in [0.717, 1.165) is 24.0 Å². The summed E-state index contributed by atoms with van der Waals surface area (Å²) in [5.41, 5.74) is 1.64. The molecular weight excluding hydrogens is 412 g/mol. The number of hydrogen-bond donors (Lipinski definition) is 1. The number of hydrogen-bond acceptors (Lipinski definition) is 6. The maximum atomic E-state index is 13.1. The molecule has 9 heteroatoms. The van der Waals surface area contributed by atoms with E-state index in [2.05, 4.69) is 44.4 Å². The third-order valence-corrected chi connectivity index (χ3v) is 6.82. The van der Waals surface area contributed by atoms with E-state index < -0.39 is 5.41 Å². The zero-order chi connectivity index (χ0) is 21.7. The Bertz CT molecular complexity index is 1020. The topological polar surface area (TPSA) is 93.0 Å². The predicted octanol–water partition coefficient (Wildman–Crippen LogP) is 2.39. The molecule has 1 fully saturated rings. The molecule has 1 atom stereocenters. The molecule has 3 aromatic rings. The van der Waals surface area contributed by atoms with Gasteiger partial charge in [-0.25, -0.2) is 4.68 Å².